The van der Waals surface area contributed by atoms with E-state index in [1.165, 1.54) is 0 Å². The fraction of sp³-hybridized carbons (Fsp3) is 0.280. The smallest absolute Gasteiger partial charge is 0.294 e. The minimum absolute atomic E-state index is 0.174. The number of imide groups is 1. The van der Waals surface area contributed by atoms with Crippen LogP contribution in [0, 0.1) is 6.92 Å². The molecule has 8 nitrogen and oxygen atoms in total. The lowest BCUT2D eigenvalue weighted by molar-refractivity contribution is -0.135. The first-order valence-corrected chi connectivity index (χ1v) is 11.8. The molecule has 0 radical (unpaired) electrons. The van der Waals surface area contributed by atoms with E-state index < -0.39 is 11.1 Å². The minimum atomic E-state index is -0.480. The molecular formula is C25H25N3O5S. The molecular weight excluding hydrogens is 454 g/mol. The summed E-state index contributed by atoms with van der Waals surface area (Å²) in [4.78, 5) is 52.5. The van der Waals surface area contributed by atoms with Crippen molar-refractivity contribution in [1.29, 1.82) is 0 Å². The molecule has 0 unspecified atom stereocenters. The van der Waals surface area contributed by atoms with Gasteiger partial charge in [0.15, 0.2) is 6.61 Å². The summed E-state index contributed by atoms with van der Waals surface area (Å²) in [6, 6.07) is 14.3. The van der Waals surface area contributed by atoms with Crippen LogP contribution in [0.1, 0.15) is 24.0 Å². The van der Waals surface area contributed by atoms with E-state index in [0.29, 0.717) is 30.1 Å². The van der Waals surface area contributed by atoms with Crippen molar-refractivity contribution in [3.05, 3.63) is 64.6 Å². The molecule has 0 atom stereocenters. The van der Waals surface area contributed by atoms with Gasteiger partial charge in [-0.3, -0.25) is 24.1 Å². The molecule has 4 rings (SSSR count). The van der Waals surface area contributed by atoms with Crippen molar-refractivity contribution in [2.45, 2.75) is 19.8 Å². The first-order chi connectivity index (χ1) is 16.4. The molecule has 1 N–H and O–H groups in total. The maximum atomic E-state index is 12.7. The predicted octanol–water partition coefficient (Wildman–Crippen LogP) is 3.67. The Labute approximate surface area is 201 Å². The van der Waals surface area contributed by atoms with Crippen LogP contribution >= 0.6 is 11.8 Å². The van der Waals surface area contributed by atoms with Crippen LogP contribution < -0.4 is 10.1 Å². The van der Waals surface area contributed by atoms with E-state index in [0.717, 1.165) is 35.1 Å². The molecule has 2 aliphatic heterocycles. The van der Waals surface area contributed by atoms with Gasteiger partial charge in [-0.15, -0.1) is 0 Å². The van der Waals surface area contributed by atoms with Crippen molar-refractivity contribution < 1.29 is 23.9 Å². The van der Waals surface area contributed by atoms with Gasteiger partial charge >= 0.3 is 0 Å². The van der Waals surface area contributed by atoms with E-state index in [1.807, 2.05) is 31.2 Å². The number of hydrogen-bond acceptors (Lipinski definition) is 6. The Hall–Kier alpha value is -3.59. The number of likely N-dealkylation sites (tertiary alicyclic amines) is 1. The quantitative estimate of drug-likeness (QED) is 0.609. The van der Waals surface area contributed by atoms with Crippen LogP contribution in [0.15, 0.2) is 53.4 Å². The number of nitrogens with zero attached hydrogens (tertiary/aromatic N) is 2. The van der Waals surface area contributed by atoms with Gasteiger partial charge in [0, 0.05) is 18.8 Å². The second-order valence-electron chi connectivity index (χ2n) is 8.13. The number of anilines is 1. The number of carbonyl (C=O) groups excluding carboxylic acids is 4. The van der Waals surface area contributed by atoms with E-state index in [-0.39, 0.29) is 29.9 Å². The van der Waals surface area contributed by atoms with Crippen LogP contribution in [-0.2, 0) is 14.4 Å². The molecule has 2 heterocycles. The first kappa shape index (κ1) is 23.6. The van der Waals surface area contributed by atoms with Crippen LogP contribution in [0.5, 0.6) is 5.75 Å². The molecule has 2 fully saturated rings. The molecule has 4 amide bonds. The SMILES string of the molecule is Cc1ccc(NC(=O)COc2cccc(/C=C3\SC(=O)N(CC(=O)N4CCCC4)C3=O)c2)cc1. The average Bonchev–Trinajstić information content (AvgIpc) is 3.45. The van der Waals surface area contributed by atoms with Crippen molar-refractivity contribution in [3.8, 4) is 5.75 Å². The zero-order valence-electron chi connectivity index (χ0n) is 18.8. The molecule has 0 spiro atoms. The molecule has 2 aromatic rings. The maximum Gasteiger partial charge on any atom is 0.294 e. The van der Waals surface area contributed by atoms with Gasteiger partial charge in [0.05, 0.1) is 4.91 Å². The van der Waals surface area contributed by atoms with Crippen molar-refractivity contribution >= 4 is 46.5 Å². The number of carbonyl (C=O) groups is 4. The van der Waals surface area contributed by atoms with Gasteiger partial charge in [-0.2, -0.15) is 0 Å². The molecule has 176 valence electrons. The highest BCUT2D eigenvalue weighted by atomic mass is 32.2. The Morgan fingerprint density at radius 3 is 2.56 bits per heavy atom. The predicted molar refractivity (Wildman–Crippen MR) is 130 cm³/mol. The van der Waals surface area contributed by atoms with Crippen molar-refractivity contribution in [1.82, 2.24) is 9.80 Å². The summed E-state index contributed by atoms with van der Waals surface area (Å²) in [6.07, 6.45) is 3.48. The molecule has 0 aliphatic carbocycles. The summed E-state index contributed by atoms with van der Waals surface area (Å²) in [7, 11) is 0. The number of ether oxygens (including phenoxy) is 1. The summed E-state index contributed by atoms with van der Waals surface area (Å²) in [5.74, 6) is -0.527. The van der Waals surface area contributed by atoms with Crippen molar-refractivity contribution in [2.75, 3.05) is 31.6 Å². The zero-order valence-corrected chi connectivity index (χ0v) is 19.6. The van der Waals surface area contributed by atoms with Crippen molar-refractivity contribution in [2.24, 2.45) is 0 Å². The second-order valence-corrected chi connectivity index (χ2v) is 9.12. The third-order valence-corrected chi connectivity index (χ3v) is 6.39. The van der Waals surface area contributed by atoms with E-state index in [1.54, 1.807) is 35.2 Å². The van der Waals surface area contributed by atoms with Gasteiger partial charge in [-0.25, -0.2) is 0 Å². The van der Waals surface area contributed by atoms with Gasteiger partial charge in [-0.1, -0.05) is 29.8 Å². The Morgan fingerprint density at radius 2 is 1.82 bits per heavy atom. The second kappa shape index (κ2) is 10.6. The molecule has 2 aliphatic rings. The van der Waals surface area contributed by atoms with Gasteiger partial charge < -0.3 is 15.0 Å². The normalized spacial score (nSPS) is 16.9. The Bertz CT molecular complexity index is 1140. The van der Waals surface area contributed by atoms with Gasteiger partial charge in [0.1, 0.15) is 12.3 Å². The average molecular weight is 480 g/mol. The summed E-state index contributed by atoms with van der Waals surface area (Å²) in [5, 5.41) is 2.31. The topological polar surface area (TPSA) is 96.0 Å². The van der Waals surface area contributed by atoms with E-state index in [9.17, 15) is 19.2 Å². The summed E-state index contributed by atoms with van der Waals surface area (Å²) in [6.45, 7) is 2.89. The van der Waals surface area contributed by atoms with Crippen LogP contribution in [0.2, 0.25) is 0 Å². The fourth-order valence-electron chi connectivity index (χ4n) is 3.67. The zero-order chi connectivity index (χ0) is 24.1. The highest BCUT2D eigenvalue weighted by Gasteiger charge is 2.37. The Balaban J connectivity index is 1.35. The summed E-state index contributed by atoms with van der Waals surface area (Å²) in [5.41, 5.74) is 2.43. The monoisotopic (exact) mass is 479 g/mol. The van der Waals surface area contributed by atoms with Crippen molar-refractivity contribution in [3.63, 3.8) is 0 Å². The number of rotatable bonds is 7. The lowest BCUT2D eigenvalue weighted by Gasteiger charge is -2.18. The lowest BCUT2D eigenvalue weighted by atomic mass is 10.2. The Morgan fingerprint density at radius 1 is 1.09 bits per heavy atom. The van der Waals surface area contributed by atoms with E-state index >= 15 is 0 Å². The third kappa shape index (κ3) is 5.85. The number of benzene rings is 2. The highest BCUT2D eigenvalue weighted by Crippen LogP contribution is 2.32. The van der Waals surface area contributed by atoms with Crippen LogP contribution in [-0.4, -0.2) is 59.0 Å². The fourth-order valence-corrected chi connectivity index (χ4v) is 4.50. The highest BCUT2D eigenvalue weighted by molar-refractivity contribution is 8.18. The van der Waals surface area contributed by atoms with E-state index in [2.05, 4.69) is 5.32 Å². The van der Waals surface area contributed by atoms with Crippen LogP contribution in [0.3, 0.4) is 0 Å². The summed E-state index contributed by atoms with van der Waals surface area (Å²) < 4.78 is 5.59. The minimum Gasteiger partial charge on any atom is -0.484 e. The number of amides is 4. The van der Waals surface area contributed by atoms with Crippen LogP contribution in [0.25, 0.3) is 6.08 Å². The van der Waals surface area contributed by atoms with Crippen LogP contribution in [0.4, 0.5) is 10.5 Å². The number of nitrogens with one attached hydrogen (secondary N) is 1. The van der Waals surface area contributed by atoms with Gasteiger partial charge in [0.2, 0.25) is 5.91 Å². The molecule has 2 saturated heterocycles. The number of thioether (sulfide) groups is 1. The Kier molecular flexibility index (Phi) is 7.32. The molecule has 0 aromatic heterocycles. The van der Waals surface area contributed by atoms with Gasteiger partial charge in [0.25, 0.3) is 17.1 Å². The maximum absolute atomic E-state index is 12.7. The molecule has 0 bridgehead atoms. The molecule has 34 heavy (non-hydrogen) atoms. The summed E-state index contributed by atoms with van der Waals surface area (Å²) >= 11 is 0.810. The standard InChI is InChI=1S/C25H25N3O5S/c1-17-7-9-19(10-8-17)26-22(29)16-33-20-6-4-5-18(13-20)14-21-24(31)28(25(32)34-21)15-23(30)27-11-2-3-12-27/h4-10,13-14H,2-3,11-12,15-16H2,1H3,(H,26,29)/b21-14-. The molecule has 2 aromatic carbocycles. The number of hydrogen-bond donors (Lipinski definition) is 1. The largest absolute Gasteiger partial charge is 0.484 e. The van der Waals surface area contributed by atoms with E-state index in [4.69, 9.17) is 4.74 Å². The lowest BCUT2D eigenvalue weighted by Crippen LogP contribution is -2.40. The molecule has 9 heteroatoms. The number of aryl methyl sites for hydroxylation is 1. The first-order valence-electron chi connectivity index (χ1n) is 11.0. The molecule has 0 saturated carbocycles. The van der Waals surface area contributed by atoms with Gasteiger partial charge in [-0.05, 0) is 67.4 Å². The third-order valence-electron chi connectivity index (χ3n) is 5.49.